The average Bonchev–Trinajstić information content (AvgIpc) is 3.86. The minimum Gasteiger partial charge on any atom is -0.394 e. The molecular weight excluding hydrogens is 953 g/mol. The van der Waals surface area contributed by atoms with Crippen LogP contribution in [0.1, 0.15) is 91.9 Å². The lowest BCUT2D eigenvalue weighted by Crippen LogP contribution is -2.67. The molecule has 4 aliphatic carbocycles. The Labute approximate surface area is 419 Å². The Morgan fingerprint density at radius 3 is 1.62 bits per heavy atom. The van der Waals surface area contributed by atoms with Gasteiger partial charge in [0.2, 0.25) is 0 Å². The van der Waals surface area contributed by atoms with Gasteiger partial charge in [0.05, 0.1) is 44.7 Å². The Morgan fingerprint density at radius 2 is 1.10 bits per heavy atom. The zero-order valence-corrected chi connectivity index (χ0v) is 41.5. The topological polar surface area (TPSA) is 335 Å². The summed E-state index contributed by atoms with van der Waals surface area (Å²) in [6, 6.07) is 0. The smallest absolute Gasteiger partial charge is 0.187 e. The van der Waals surface area contributed by atoms with Gasteiger partial charge in [0.25, 0.3) is 0 Å². The lowest BCUT2D eigenvalue weighted by atomic mass is 9.47. The number of rotatable bonds is 11. The predicted molar refractivity (Wildman–Crippen MR) is 242 cm³/mol. The highest BCUT2D eigenvalue weighted by molar-refractivity contribution is 5.26. The molecule has 10 rings (SSSR count). The van der Waals surface area contributed by atoms with Crippen molar-refractivity contribution in [2.75, 3.05) is 26.4 Å². The lowest BCUT2D eigenvalue weighted by Gasteiger charge is -2.58. The third-order valence-electron chi connectivity index (χ3n) is 19.3. The van der Waals surface area contributed by atoms with Crippen LogP contribution in [0.15, 0.2) is 11.6 Å². The van der Waals surface area contributed by atoms with Gasteiger partial charge in [0.1, 0.15) is 91.6 Å². The summed E-state index contributed by atoms with van der Waals surface area (Å²) >= 11 is 0. The van der Waals surface area contributed by atoms with Crippen molar-refractivity contribution in [2.24, 2.45) is 40.4 Å². The maximum atomic E-state index is 11.5. The van der Waals surface area contributed by atoms with Crippen molar-refractivity contribution in [1.82, 2.24) is 0 Å². The van der Waals surface area contributed by atoms with Gasteiger partial charge in [-0.1, -0.05) is 32.4 Å². The standard InChI is InChI=1S/C50H80O22/c1-20-7-12-50(63-19-20)15-27-28(72-50)14-26-24-6-5-22-13-23(8-10-48(22,3)25(24)9-11-49(26,27)4)65-45-38(60)34(56)42(29(16-51)66-45)70-47-40(62)36(58)43(31(18-53)68-47)71-46-39(61)35(57)41(30(17-52)67-46)69-44-37(59)33(55)32(54)21(2)64-44/h5,20-21,23-47,51-62H,6-19H2,1-4H3/t20-,21+,23-,24+,25-,26-,27+,28-,29+,30+,31+,32-,33+,34-,35-,36-,37-,38+,39+,40+,41-,42+,43-,44+,45-,46+,47+,48+,49+,50+/m1/s1. The lowest BCUT2D eigenvalue weighted by molar-refractivity contribution is -0.388. The SMILES string of the molecule is C[C@@H]1CC[C@]2(C[C@H]3[C@@H](C[C@@H]4[C@H]5CC=C6C[C@H](O[C@@H]7O[C@@H](CO)[C@H](O[C@@H]8O[C@@H](CO)[C@@H](O[C@@H]9O[C@@H](CO)[C@@H](O[C@@H]%10O[C@@H](C)[C@@H](O)[C@H](O)[C@H]%10O)[C@H](O)[C@@H]9O)[C@H](O)[C@@H]8O)[C@H](O)[C@@H]7O)CC[C@]6(C)[C@@H]5CC[C@@]43C)O2)OC1. The molecule has 0 unspecified atom stereocenters. The minimum absolute atomic E-state index is 0.0101. The van der Waals surface area contributed by atoms with Gasteiger partial charge in [0.15, 0.2) is 30.9 Å². The summed E-state index contributed by atoms with van der Waals surface area (Å²) in [4.78, 5) is 0. The Hall–Kier alpha value is -1.14. The van der Waals surface area contributed by atoms with Crippen LogP contribution in [0.25, 0.3) is 0 Å². The summed E-state index contributed by atoms with van der Waals surface area (Å²) in [7, 11) is 0. The van der Waals surface area contributed by atoms with Crippen LogP contribution in [0.2, 0.25) is 0 Å². The van der Waals surface area contributed by atoms with Gasteiger partial charge >= 0.3 is 0 Å². The number of allylic oxidation sites excluding steroid dienone is 1. The van der Waals surface area contributed by atoms with Crippen molar-refractivity contribution < 1.29 is 109 Å². The largest absolute Gasteiger partial charge is 0.394 e. The van der Waals surface area contributed by atoms with Crippen LogP contribution in [0.5, 0.6) is 0 Å². The van der Waals surface area contributed by atoms with Crippen LogP contribution >= 0.6 is 0 Å². The second-order valence-corrected chi connectivity index (χ2v) is 23.5. The number of aliphatic hydroxyl groups is 12. The van der Waals surface area contributed by atoms with E-state index in [9.17, 15) is 61.3 Å². The average molecular weight is 1030 g/mol. The number of ether oxygens (including phenoxy) is 10. The van der Waals surface area contributed by atoms with E-state index >= 15 is 0 Å². The first-order chi connectivity index (χ1) is 34.2. The van der Waals surface area contributed by atoms with Gasteiger partial charge in [-0.3, -0.25) is 0 Å². The van der Waals surface area contributed by atoms with Crippen molar-refractivity contribution in [2.45, 2.75) is 233 Å². The normalized spacial score (nSPS) is 56.7. The summed E-state index contributed by atoms with van der Waals surface area (Å²) in [6.45, 7) is 6.92. The van der Waals surface area contributed by atoms with Gasteiger partial charge in [-0.25, -0.2) is 0 Å². The highest BCUT2D eigenvalue weighted by Crippen LogP contribution is 2.69. The fourth-order valence-electron chi connectivity index (χ4n) is 14.9. The third-order valence-corrected chi connectivity index (χ3v) is 19.3. The third kappa shape index (κ3) is 9.38. The molecule has 0 radical (unpaired) electrons. The minimum atomic E-state index is -1.98. The quantitative estimate of drug-likeness (QED) is 0.0977. The molecule has 0 bridgehead atoms. The zero-order chi connectivity index (χ0) is 51.3. The van der Waals surface area contributed by atoms with Crippen LogP contribution in [0, 0.1) is 40.4 Å². The van der Waals surface area contributed by atoms with Gasteiger partial charge in [0, 0.05) is 12.8 Å². The molecule has 1 spiro atoms. The van der Waals surface area contributed by atoms with Crippen molar-refractivity contribution >= 4 is 0 Å². The van der Waals surface area contributed by atoms with Gasteiger partial charge in [-0.15, -0.1) is 0 Å². The zero-order valence-electron chi connectivity index (χ0n) is 41.5. The Bertz CT molecular complexity index is 1880. The molecule has 6 saturated heterocycles. The molecular formula is C50H80O22. The highest BCUT2D eigenvalue weighted by atomic mass is 16.8. The summed E-state index contributed by atoms with van der Waals surface area (Å²) in [6.07, 6.45) is -20.9. The molecule has 412 valence electrons. The van der Waals surface area contributed by atoms with Gasteiger partial charge in [-0.2, -0.15) is 0 Å². The summed E-state index contributed by atoms with van der Waals surface area (Å²) in [5, 5.41) is 129. The Morgan fingerprint density at radius 1 is 0.569 bits per heavy atom. The molecule has 6 heterocycles. The van der Waals surface area contributed by atoms with E-state index in [1.807, 2.05) is 0 Å². The summed E-state index contributed by atoms with van der Waals surface area (Å²) in [5.74, 6) is 2.34. The first-order valence-corrected chi connectivity index (χ1v) is 26.4. The Kier molecular flexibility index (Phi) is 15.7. The van der Waals surface area contributed by atoms with E-state index < -0.39 is 148 Å². The molecule has 12 N–H and O–H groups in total. The maximum absolute atomic E-state index is 11.5. The van der Waals surface area contributed by atoms with Crippen LogP contribution in [-0.2, 0) is 47.4 Å². The highest BCUT2D eigenvalue weighted by Gasteiger charge is 2.66. The maximum Gasteiger partial charge on any atom is 0.187 e. The second kappa shape index (κ2) is 20.9. The monoisotopic (exact) mass is 1030 g/mol. The van der Waals surface area contributed by atoms with Crippen molar-refractivity contribution in [3.8, 4) is 0 Å². The predicted octanol–water partition coefficient (Wildman–Crippen LogP) is -2.21. The fraction of sp³-hybridized carbons (Fsp3) is 0.960. The van der Waals surface area contributed by atoms with E-state index in [-0.39, 0.29) is 23.0 Å². The number of hydrogen-bond donors (Lipinski definition) is 12. The van der Waals surface area contributed by atoms with E-state index in [2.05, 4.69) is 26.8 Å². The van der Waals surface area contributed by atoms with Crippen LogP contribution in [0.4, 0.5) is 0 Å². The molecule has 0 aromatic rings. The van der Waals surface area contributed by atoms with Gasteiger partial charge < -0.3 is 109 Å². The van der Waals surface area contributed by atoms with E-state index in [4.69, 9.17) is 47.4 Å². The summed E-state index contributed by atoms with van der Waals surface area (Å²) < 4.78 is 60.0. The molecule has 9 fully saturated rings. The van der Waals surface area contributed by atoms with E-state index in [0.717, 1.165) is 51.6 Å². The van der Waals surface area contributed by atoms with Crippen molar-refractivity contribution in [3.63, 3.8) is 0 Å². The van der Waals surface area contributed by atoms with Crippen molar-refractivity contribution in [1.29, 1.82) is 0 Å². The molecule has 0 aromatic heterocycles. The van der Waals surface area contributed by atoms with Crippen LogP contribution < -0.4 is 0 Å². The molecule has 0 aromatic carbocycles. The van der Waals surface area contributed by atoms with E-state index in [1.54, 1.807) is 0 Å². The van der Waals surface area contributed by atoms with E-state index in [0.29, 0.717) is 42.4 Å². The molecule has 30 atom stereocenters. The Balaban J connectivity index is 0.736. The second-order valence-electron chi connectivity index (χ2n) is 23.5. The first kappa shape index (κ1) is 54.2. The van der Waals surface area contributed by atoms with Crippen molar-refractivity contribution in [3.05, 3.63) is 11.6 Å². The molecule has 22 nitrogen and oxygen atoms in total. The molecule has 22 heteroatoms. The fourth-order valence-corrected chi connectivity index (χ4v) is 14.9. The number of hydrogen-bond acceptors (Lipinski definition) is 22. The van der Waals surface area contributed by atoms with Crippen LogP contribution in [0.3, 0.4) is 0 Å². The van der Waals surface area contributed by atoms with Gasteiger partial charge in [-0.05, 0) is 98.7 Å². The summed E-state index contributed by atoms with van der Waals surface area (Å²) in [5.41, 5.74) is 1.55. The molecule has 6 aliphatic heterocycles. The molecule has 3 saturated carbocycles. The first-order valence-electron chi connectivity index (χ1n) is 26.4. The van der Waals surface area contributed by atoms with Crippen LogP contribution in [-0.4, -0.2) is 229 Å². The molecule has 10 aliphatic rings. The number of aliphatic hydroxyl groups excluding tert-OH is 12. The number of fused-ring (bicyclic) bond motifs is 7. The molecule has 0 amide bonds. The van der Waals surface area contributed by atoms with E-state index in [1.165, 1.54) is 18.9 Å². The molecule has 72 heavy (non-hydrogen) atoms.